The lowest BCUT2D eigenvalue weighted by atomic mass is 9.67. The lowest BCUT2D eigenvalue weighted by Crippen LogP contribution is -2.31. The summed E-state index contributed by atoms with van der Waals surface area (Å²) in [7, 11) is 0. The summed E-state index contributed by atoms with van der Waals surface area (Å²) in [5.41, 5.74) is 2.24. The SMILES string of the molecule is C=C1C(=O)O[C@@H](c2ccccc2)[C@@]1(CCCC)c1ccccc1. The normalized spacial score (nSPS) is 23.8. The van der Waals surface area contributed by atoms with Crippen molar-refractivity contribution in [3.8, 4) is 0 Å². The summed E-state index contributed by atoms with van der Waals surface area (Å²) in [4.78, 5) is 12.4. The van der Waals surface area contributed by atoms with E-state index in [1.54, 1.807) is 0 Å². The van der Waals surface area contributed by atoms with Crippen LogP contribution in [0.4, 0.5) is 0 Å². The van der Waals surface area contributed by atoms with Crippen molar-refractivity contribution in [3.05, 3.63) is 83.9 Å². The Kier molecular flexibility index (Phi) is 4.33. The molecule has 1 saturated heterocycles. The van der Waals surface area contributed by atoms with Gasteiger partial charge in [0, 0.05) is 5.57 Å². The molecular formula is C21H22O2. The molecule has 0 amide bonds. The summed E-state index contributed by atoms with van der Waals surface area (Å²) >= 11 is 0. The maximum atomic E-state index is 12.4. The molecule has 23 heavy (non-hydrogen) atoms. The molecule has 0 N–H and O–H groups in total. The fourth-order valence-corrected chi connectivity index (χ4v) is 3.54. The van der Waals surface area contributed by atoms with E-state index in [2.05, 4.69) is 25.6 Å². The van der Waals surface area contributed by atoms with Gasteiger partial charge in [0.05, 0.1) is 5.41 Å². The number of cyclic esters (lactones) is 1. The van der Waals surface area contributed by atoms with Crippen LogP contribution in [0.2, 0.25) is 0 Å². The molecule has 2 nitrogen and oxygen atoms in total. The number of ether oxygens (including phenoxy) is 1. The molecule has 1 aliphatic rings. The van der Waals surface area contributed by atoms with Crippen LogP contribution in [0.3, 0.4) is 0 Å². The van der Waals surface area contributed by atoms with Crippen molar-refractivity contribution in [2.45, 2.75) is 37.7 Å². The molecule has 0 unspecified atom stereocenters. The van der Waals surface area contributed by atoms with E-state index < -0.39 is 5.41 Å². The first-order valence-corrected chi connectivity index (χ1v) is 8.21. The summed E-state index contributed by atoms with van der Waals surface area (Å²) in [6, 6.07) is 20.2. The van der Waals surface area contributed by atoms with Crippen LogP contribution < -0.4 is 0 Å². The van der Waals surface area contributed by atoms with E-state index in [1.165, 1.54) is 0 Å². The highest BCUT2D eigenvalue weighted by Crippen LogP contribution is 2.53. The van der Waals surface area contributed by atoms with Gasteiger partial charge < -0.3 is 4.74 Å². The molecule has 118 valence electrons. The summed E-state index contributed by atoms with van der Waals surface area (Å²) in [5.74, 6) is -0.279. The average molecular weight is 306 g/mol. The number of hydrogen-bond donors (Lipinski definition) is 0. The largest absolute Gasteiger partial charge is 0.453 e. The van der Waals surface area contributed by atoms with Gasteiger partial charge in [-0.1, -0.05) is 87.0 Å². The van der Waals surface area contributed by atoms with E-state index in [1.807, 2.05) is 48.5 Å². The van der Waals surface area contributed by atoms with Gasteiger partial charge >= 0.3 is 5.97 Å². The molecule has 0 bridgehead atoms. The number of carbonyl (C=O) groups is 1. The van der Waals surface area contributed by atoms with Gasteiger partial charge in [-0.15, -0.1) is 0 Å². The van der Waals surface area contributed by atoms with Gasteiger partial charge in [-0.05, 0) is 17.5 Å². The van der Waals surface area contributed by atoms with Crippen LogP contribution in [0.15, 0.2) is 72.8 Å². The van der Waals surface area contributed by atoms with Crippen LogP contribution in [-0.2, 0) is 14.9 Å². The Morgan fingerprint density at radius 2 is 1.65 bits per heavy atom. The van der Waals surface area contributed by atoms with Crippen molar-refractivity contribution < 1.29 is 9.53 Å². The molecule has 0 spiro atoms. The molecule has 2 aromatic carbocycles. The van der Waals surface area contributed by atoms with Gasteiger partial charge in [0.15, 0.2) is 0 Å². The quantitative estimate of drug-likeness (QED) is 0.576. The zero-order valence-corrected chi connectivity index (χ0v) is 13.5. The third-order valence-electron chi connectivity index (χ3n) is 4.77. The molecule has 2 heteroatoms. The van der Waals surface area contributed by atoms with Crippen LogP contribution in [0.25, 0.3) is 0 Å². The van der Waals surface area contributed by atoms with E-state index in [0.717, 1.165) is 30.4 Å². The van der Waals surface area contributed by atoms with Crippen LogP contribution in [0.5, 0.6) is 0 Å². The monoisotopic (exact) mass is 306 g/mol. The van der Waals surface area contributed by atoms with Gasteiger partial charge in [0.25, 0.3) is 0 Å². The van der Waals surface area contributed by atoms with Crippen LogP contribution in [-0.4, -0.2) is 5.97 Å². The van der Waals surface area contributed by atoms with Gasteiger partial charge in [0.2, 0.25) is 0 Å². The summed E-state index contributed by atoms with van der Waals surface area (Å²) < 4.78 is 5.79. The predicted molar refractivity (Wildman–Crippen MR) is 92.1 cm³/mol. The zero-order valence-electron chi connectivity index (χ0n) is 13.5. The molecule has 2 atom stereocenters. The molecule has 0 aromatic heterocycles. The van der Waals surface area contributed by atoms with Crippen molar-refractivity contribution >= 4 is 5.97 Å². The first-order chi connectivity index (χ1) is 11.2. The molecule has 1 fully saturated rings. The van der Waals surface area contributed by atoms with Crippen LogP contribution >= 0.6 is 0 Å². The summed E-state index contributed by atoms with van der Waals surface area (Å²) in [6.07, 6.45) is 2.64. The molecule has 0 radical (unpaired) electrons. The van der Waals surface area contributed by atoms with E-state index >= 15 is 0 Å². The average Bonchev–Trinajstić information content (AvgIpc) is 2.87. The molecule has 1 aliphatic heterocycles. The first-order valence-electron chi connectivity index (χ1n) is 8.21. The van der Waals surface area contributed by atoms with E-state index in [4.69, 9.17) is 4.74 Å². The fourth-order valence-electron chi connectivity index (χ4n) is 3.54. The summed E-state index contributed by atoms with van der Waals surface area (Å²) in [5, 5.41) is 0. The van der Waals surface area contributed by atoms with Gasteiger partial charge in [0.1, 0.15) is 6.10 Å². The Labute approximate surface area is 137 Å². The smallest absolute Gasteiger partial charge is 0.335 e. The van der Waals surface area contributed by atoms with Crippen molar-refractivity contribution in [1.29, 1.82) is 0 Å². The molecule has 1 heterocycles. The molecular weight excluding hydrogens is 284 g/mol. The fraction of sp³-hybridized carbons (Fsp3) is 0.286. The lowest BCUT2D eigenvalue weighted by Gasteiger charge is -2.34. The second-order valence-corrected chi connectivity index (χ2v) is 6.12. The Morgan fingerprint density at radius 3 is 2.26 bits per heavy atom. The topological polar surface area (TPSA) is 26.3 Å². The third-order valence-corrected chi connectivity index (χ3v) is 4.77. The Balaban J connectivity index is 2.16. The van der Waals surface area contributed by atoms with Crippen LogP contribution in [0, 0.1) is 0 Å². The Hall–Kier alpha value is -2.35. The second kappa shape index (κ2) is 6.41. The van der Waals surface area contributed by atoms with Crippen LogP contribution in [0.1, 0.15) is 43.4 Å². The van der Waals surface area contributed by atoms with Crippen molar-refractivity contribution in [2.24, 2.45) is 0 Å². The molecule has 0 aliphatic carbocycles. The van der Waals surface area contributed by atoms with Crippen molar-refractivity contribution in [2.75, 3.05) is 0 Å². The number of unbranched alkanes of at least 4 members (excludes halogenated alkanes) is 1. The van der Waals surface area contributed by atoms with Gasteiger partial charge in [-0.2, -0.15) is 0 Å². The number of rotatable bonds is 5. The minimum absolute atomic E-state index is 0.279. The maximum absolute atomic E-state index is 12.4. The molecule has 3 rings (SSSR count). The summed E-state index contributed by atoms with van der Waals surface area (Å²) in [6.45, 7) is 6.28. The molecule has 2 aromatic rings. The first kappa shape index (κ1) is 15.5. The predicted octanol–water partition coefficient (Wildman–Crippen LogP) is 4.97. The highest BCUT2D eigenvalue weighted by atomic mass is 16.6. The van der Waals surface area contributed by atoms with Gasteiger partial charge in [-0.3, -0.25) is 0 Å². The highest BCUT2D eigenvalue weighted by Gasteiger charge is 2.53. The number of benzene rings is 2. The Morgan fingerprint density at radius 1 is 1.04 bits per heavy atom. The third kappa shape index (κ3) is 2.59. The molecule has 0 saturated carbocycles. The minimum atomic E-state index is -0.476. The lowest BCUT2D eigenvalue weighted by molar-refractivity contribution is -0.139. The number of carbonyl (C=O) groups excluding carboxylic acids is 1. The minimum Gasteiger partial charge on any atom is -0.453 e. The zero-order chi connectivity index (χ0) is 16.3. The van der Waals surface area contributed by atoms with E-state index in [0.29, 0.717) is 5.57 Å². The van der Waals surface area contributed by atoms with E-state index in [9.17, 15) is 4.79 Å². The van der Waals surface area contributed by atoms with Crippen molar-refractivity contribution in [1.82, 2.24) is 0 Å². The second-order valence-electron chi connectivity index (χ2n) is 6.12. The van der Waals surface area contributed by atoms with Gasteiger partial charge in [-0.25, -0.2) is 4.79 Å². The Bertz CT molecular complexity index is 690. The van der Waals surface area contributed by atoms with Crippen molar-refractivity contribution in [3.63, 3.8) is 0 Å². The number of hydrogen-bond acceptors (Lipinski definition) is 2. The highest BCUT2D eigenvalue weighted by molar-refractivity contribution is 5.94. The maximum Gasteiger partial charge on any atom is 0.335 e. The standard InChI is InChI=1S/C21H22O2/c1-3-4-15-21(18-13-9-6-10-14-18)16(2)20(22)23-19(21)17-11-7-5-8-12-17/h5-14,19H,2-4,15H2,1H3/t19-,21+/m0/s1. The number of esters is 1. The van der Waals surface area contributed by atoms with E-state index in [-0.39, 0.29) is 12.1 Å².